The number of fused-ring (bicyclic) bond motifs is 1. The third-order valence-corrected chi connectivity index (χ3v) is 6.12. The van der Waals surface area contributed by atoms with Gasteiger partial charge in [-0.15, -0.1) is 0 Å². The van der Waals surface area contributed by atoms with Gasteiger partial charge in [0.15, 0.2) is 5.65 Å². The predicted octanol–water partition coefficient (Wildman–Crippen LogP) is 2.02. The van der Waals surface area contributed by atoms with Crippen LogP contribution in [0.1, 0.15) is 67.0 Å². The lowest BCUT2D eigenvalue weighted by atomic mass is 9.98. The number of amides is 2. The van der Waals surface area contributed by atoms with E-state index in [1.165, 1.54) is 25.7 Å². The molecular formula is C21H30N6O2. The molecule has 0 spiro atoms. The maximum Gasteiger partial charge on any atom is 0.256 e. The number of aromatic nitrogens is 3. The van der Waals surface area contributed by atoms with Gasteiger partial charge in [-0.1, -0.05) is 12.8 Å². The molecule has 1 atom stereocenters. The maximum atomic E-state index is 13.2. The number of rotatable bonds is 4. The van der Waals surface area contributed by atoms with Gasteiger partial charge in [-0.3, -0.25) is 14.5 Å². The fraction of sp³-hybridized carbons (Fsp3) is 0.619. The van der Waals surface area contributed by atoms with Gasteiger partial charge in [-0.25, -0.2) is 9.50 Å². The van der Waals surface area contributed by atoms with Crippen molar-refractivity contribution < 1.29 is 9.59 Å². The Labute approximate surface area is 171 Å². The third kappa shape index (κ3) is 4.12. The Morgan fingerprint density at radius 2 is 1.86 bits per heavy atom. The smallest absolute Gasteiger partial charge is 0.256 e. The molecule has 0 saturated carbocycles. The van der Waals surface area contributed by atoms with E-state index in [4.69, 9.17) is 0 Å². The van der Waals surface area contributed by atoms with Gasteiger partial charge in [0.2, 0.25) is 5.91 Å². The molecule has 8 nitrogen and oxygen atoms in total. The van der Waals surface area contributed by atoms with E-state index in [1.54, 1.807) is 24.0 Å². The monoisotopic (exact) mass is 398 g/mol. The molecule has 1 unspecified atom stereocenters. The minimum atomic E-state index is -0.206. The molecule has 0 radical (unpaired) electrons. The summed E-state index contributed by atoms with van der Waals surface area (Å²) in [6.07, 6.45) is 11.2. The van der Waals surface area contributed by atoms with Crippen LogP contribution in [0.4, 0.5) is 0 Å². The van der Waals surface area contributed by atoms with Crippen LogP contribution in [-0.2, 0) is 4.79 Å². The fourth-order valence-corrected chi connectivity index (χ4v) is 4.57. The minimum Gasteiger partial charge on any atom is -0.355 e. The lowest BCUT2D eigenvalue weighted by Gasteiger charge is -2.37. The highest BCUT2D eigenvalue weighted by Gasteiger charge is 2.31. The molecule has 1 N–H and O–H groups in total. The summed E-state index contributed by atoms with van der Waals surface area (Å²) < 4.78 is 1.73. The van der Waals surface area contributed by atoms with E-state index in [9.17, 15) is 9.59 Å². The second-order valence-electron chi connectivity index (χ2n) is 8.03. The molecule has 4 rings (SSSR count). The van der Waals surface area contributed by atoms with Crippen LogP contribution < -0.4 is 5.32 Å². The predicted molar refractivity (Wildman–Crippen MR) is 110 cm³/mol. The number of nitrogens with one attached hydrogen (secondary N) is 1. The van der Waals surface area contributed by atoms with Crippen LogP contribution >= 0.6 is 0 Å². The van der Waals surface area contributed by atoms with E-state index in [-0.39, 0.29) is 17.9 Å². The van der Waals surface area contributed by atoms with Crippen LogP contribution in [0.2, 0.25) is 0 Å². The minimum absolute atomic E-state index is 0.0360. The quantitative estimate of drug-likeness (QED) is 0.852. The van der Waals surface area contributed by atoms with Crippen LogP contribution in [0.25, 0.3) is 5.65 Å². The van der Waals surface area contributed by atoms with E-state index in [0.717, 1.165) is 44.6 Å². The molecule has 8 heteroatoms. The highest BCUT2D eigenvalue weighted by molar-refractivity contribution is 5.99. The van der Waals surface area contributed by atoms with E-state index < -0.39 is 0 Å². The van der Waals surface area contributed by atoms with Crippen LogP contribution in [0, 0.1) is 0 Å². The summed E-state index contributed by atoms with van der Waals surface area (Å²) in [4.78, 5) is 34.0. The van der Waals surface area contributed by atoms with E-state index in [1.807, 2.05) is 11.0 Å². The summed E-state index contributed by atoms with van der Waals surface area (Å²) in [6, 6.07) is 1.89. The molecular weight excluding hydrogens is 368 g/mol. The Balaban J connectivity index is 1.59. The summed E-state index contributed by atoms with van der Waals surface area (Å²) in [5.74, 6) is -0.0115. The van der Waals surface area contributed by atoms with E-state index in [2.05, 4.69) is 20.3 Å². The zero-order chi connectivity index (χ0) is 20.2. The summed E-state index contributed by atoms with van der Waals surface area (Å²) >= 11 is 0. The first-order valence-corrected chi connectivity index (χ1v) is 10.8. The molecule has 2 saturated heterocycles. The van der Waals surface area contributed by atoms with Crippen molar-refractivity contribution in [3.05, 3.63) is 29.7 Å². The number of hydrogen-bond acceptors (Lipinski definition) is 5. The van der Waals surface area contributed by atoms with Crippen molar-refractivity contribution in [2.75, 3.05) is 33.2 Å². The highest BCUT2D eigenvalue weighted by atomic mass is 16.2. The molecule has 156 valence electrons. The summed E-state index contributed by atoms with van der Waals surface area (Å²) in [5.41, 5.74) is 1.91. The molecule has 2 aliphatic heterocycles. The van der Waals surface area contributed by atoms with Gasteiger partial charge in [-0.05, 0) is 51.3 Å². The van der Waals surface area contributed by atoms with E-state index in [0.29, 0.717) is 17.8 Å². The highest BCUT2D eigenvalue weighted by Crippen LogP contribution is 2.31. The molecule has 4 heterocycles. The Morgan fingerprint density at radius 1 is 1.10 bits per heavy atom. The number of likely N-dealkylation sites (tertiary alicyclic amines) is 2. The standard InChI is InChI=1S/C21H30N6O2/c1-22-21(29)16-14-24-27-18(9-10-23-20(16)27)17-8-4-7-13-26(17)19(28)15-25-11-5-2-3-6-12-25/h9-10,14,17H,2-8,11-13,15H2,1H3,(H,22,29). The molecule has 0 bridgehead atoms. The molecule has 0 aromatic carbocycles. The van der Waals surface area contributed by atoms with E-state index >= 15 is 0 Å². The second-order valence-corrected chi connectivity index (χ2v) is 8.03. The van der Waals surface area contributed by atoms with Crippen molar-refractivity contribution in [3.63, 3.8) is 0 Å². The van der Waals surface area contributed by atoms with Crippen molar-refractivity contribution in [1.82, 2.24) is 29.7 Å². The van der Waals surface area contributed by atoms with Crippen molar-refractivity contribution in [2.24, 2.45) is 0 Å². The Hall–Kier alpha value is -2.48. The van der Waals surface area contributed by atoms with Gasteiger partial charge in [0.1, 0.15) is 5.56 Å². The number of nitrogens with zero attached hydrogens (tertiary/aromatic N) is 5. The topological polar surface area (TPSA) is 82.8 Å². The van der Waals surface area contributed by atoms with Crippen molar-refractivity contribution >= 4 is 17.5 Å². The van der Waals surface area contributed by atoms with Crippen LogP contribution in [-0.4, -0.2) is 69.4 Å². The number of carbonyl (C=O) groups is 2. The first-order chi connectivity index (χ1) is 14.2. The largest absolute Gasteiger partial charge is 0.355 e. The Morgan fingerprint density at radius 3 is 2.62 bits per heavy atom. The van der Waals surface area contributed by atoms with Crippen molar-refractivity contribution in [3.8, 4) is 0 Å². The molecule has 2 aromatic rings. The van der Waals surface area contributed by atoms with Gasteiger partial charge >= 0.3 is 0 Å². The molecule has 0 aliphatic carbocycles. The zero-order valence-corrected chi connectivity index (χ0v) is 17.1. The Bertz CT molecular complexity index is 871. The lowest BCUT2D eigenvalue weighted by molar-refractivity contribution is -0.136. The van der Waals surface area contributed by atoms with Crippen molar-refractivity contribution in [2.45, 2.75) is 51.0 Å². The van der Waals surface area contributed by atoms with Gasteiger partial charge in [0, 0.05) is 19.8 Å². The van der Waals surface area contributed by atoms with Crippen molar-refractivity contribution in [1.29, 1.82) is 0 Å². The first-order valence-electron chi connectivity index (χ1n) is 10.8. The van der Waals surface area contributed by atoms with Crippen LogP contribution in [0.15, 0.2) is 18.5 Å². The SMILES string of the molecule is CNC(=O)c1cnn2c(C3CCCCN3C(=O)CN3CCCCCC3)ccnc12. The zero-order valence-electron chi connectivity index (χ0n) is 17.1. The normalized spacial score (nSPS) is 21.1. The lowest BCUT2D eigenvalue weighted by Crippen LogP contribution is -2.45. The number of piperidine rings is 1. The van der Waals surface area contributed by atoms with Gasteiger partial charge in [0.25, 0.3) is 5.91 Å². The van der Waals surface area contributed by atoms with Crippen LogP contribution in [0.5, 0.6) is 0 Å². The third-order valence-electron chi connectivity index (χ3n) is 6.12. The van der Waals surface area contributed by atoms with Gasteiger partial charge < -0.3 is 10.2 Å². The number of carbonyl (C=O) groups excluding carboxylic acids is 2. The Kier molecular flexibility index (Phi) is 6.08. The second kappa shape index (κ2) is 8.90. The van der Waals surface area contributed by atoms with Gasteiger partial charge in [0.05, 0.1) is 24.5 Å². The maximum absolute atomic E-state index is 13.2. The molecule has 29 heavy (non-hydrogen) atoms. The first kappa shape index (κ1) is 19.8. The molecule has 2 amide bonds. The summed E-state index contributed by atoms with van der Waals surface area (Å²) in [5, 5.41) is 7.06. The summed E-state index contributed by atoms with van der Waals surface area (Å²) in [7, 11) is 1.60. The average Bonchev–Trinajstić information content (AvgIpc) is 3.03. The molecule has 2 aromatic heterocycles. The summed E-state index contributed by atoms with van der Waals surface area (Å²) in [6.45, 7) is 3.29. The average molecular weight is 399 g/mol. The number of hydrogen-bond donors (Lipinski definition) is 1. The van der Waals surface area contributed by atoms with Crippen LogP contribution in [0.3, 0.4) is 0 Å². The molecule has 2 fully saturated rings. The fourth-order valence-electron chi connectivity index (χ4n) is 4.57. The molecule has 2 aliphatic rings. The van der Waals surface area contributed by atoms with Gasteiger partial charge in [-0.2, -0.15) is 5.10 Å².